The van der Waals surface area contributed by atoms with E-state index >= 15 is 0 Å². The molecule has 23 heavy (non-hydrogen) atoms. The Balaban J connectivity index is 2.13. The van der Waals surface area contributed by atoms with Gasteiger partial charge in [0, 0.05) is 12.7 Å². The van der Waals surface area contributed by atoms with Gasteiger partial charge in [0.05, 0.1) is 11.8 Å². The first-order valence-electron chi connectivity index (χ1n) is 7.37. The number of likely N-dealkylation sites (N-methyl/N-ethyl adjacent to an activating group) is 1. The Morgan fingerprint density at radius 1 is 1.22 bits per heavy atom. The number of pyridine rings is 1. The van der Waals surface area contributed by atoms with Crippen molar-refractivity contribution >= 4 is 11.8 Å². The van der Waals surface area contributed by atoms with Gasteiger partial charge in [0.1, 0.15) is 17.5 Å². The Bertz CT molecular complexity index is 674. The average Bonchev–Trinajstić information content (AvgIpc) is 2.56. The molecule has 0 saturated carbocycles. The lowest BCUT2D eigenvalue weighted by atomic mass is 10.1. The molecule has 1 aromatic heterocycles. The minimum atomic E-state index is -0.631. The number of hydrogen-bond donors (Lipinski definition) is 2. The van der Waals surface area contributed by atoms with Crippen LogP contribution in [-0.2, 0) is 4.79 Å². The van der Waals surface area contributed by atoms with Crippen LogP contribution < -0.4 is 15.4 Å². The van der Waals surface area contributed by atoms with Gasteiger partial charge in [-0.2, -0.15) is 0 Å². The fourth-order valence-electron chi connectivity index (χ4n) is 1.94. The normalized spacial score (nSPS) is 11.4. The SMILES string of the molecule is CCNC(=O)[C@H](C)NC(=O)c1ccccc1Oc1cccnc1. The van der Waals surface area contributed by atoms with Crippen LogP contribution in [0.25, 0.3) is 0 Å². The van der Waals surface area contributed by atoms with Crippen LogP contribution >= 0.6 is 0 Å². The van der Waals surface area contributed by atoms with E-state index in [1.807, 2.05) is 6.92 Å². The van der Waals surface area contributed by atoms with Gasteiger partial charge in [-0.25, -0.2) is 0 Å². The molecule has 0 aliphatic heterocycles. The van der Waals surface area contributed by atoms with Crippen LogP contribution in [0.1, 0.15) is 24.2 Å². The van der Waals surface area contributed by atoms with Crippen molar-refractivity contribution in [1.82, 2.24) is 15.6 Å². The Hall–Kier alpha value is -2.89. The van der Waals surface area contributed by atoms with Crippen molar-refractivity contribution in [2.45, 2.75) is 19.9 Å². The zero-order valence-corrected chi connectivity index (χ0v) is 13.1. The maximum Gasteiger partial charge on any atom is 0.255 e. The second-order valence-electron chi connectivity index (χ2n) is 4.88. The van der Waals surface area contributed by atoms with Crippen LogP contribution in [0.4, 0.5) is 0 Å². The van der Waals surface area contributed by atoms with Crippen molar-refractivity contribution in [3.63, 3.8) is 0 Å². The molecule has 1 aromatic carbocycles. The summed E-state index contributed by atoms with van der Waals surface area (Å²) in [5.41, 5.74) is 0.354. The van der Waals surface area contributed by atoms with Crippen molar-refractivity contribution in [2.75, 3.05) is 6.54 Å². The molecule has 0 spiro atoms. The highest BCUT2D eigenvalue weighted by Gasteiger charge is 2.18. The van der Waals surface area contributed by atoms with E-state index in [0.717, 1.165) is 0 Å². The second-order valence-corrected chi connectivity index (χ2v) is 4.88. The molecule has 0 radical (unpaired) electrons. The van der Waals surface area contributed by atoms with Crippen LogP contribution in [0.5, 0.6) is 11.5 Å². The Morgan fingerprint density at radius 3 is 2.70 bits per heavy atom. The van der Waals surface area contributed by atoms with Gasteiger partial charge in [-0.1, -0.05) is 12.1 Å². The average molecular weight is 313 g/mol. The first-order valence-corrected chi connectivity index (χ1v) is 7.37. The number of rotatable bonds is 6. The van der Waals surface area contributed by atoms with Gasteiger partial charge in [-0.05, 0) is 38.1 Å². The fourth-order valence-corrected chi connectivity index (χ4v) is 1.94. The number of hydrogen-bond acceptors (Lipinski definition) is 4. The molecule has 6 heteroatoms. The van der Waals surface area contributed by atoms with Gasteiger partial charge in [0.2, 0.25) is 5.91 Å². The largest absolute Gasteiger partial charge is 0.455 e. The lowest BCUT2D eigenvalue weighted by molar-refractivity contribution is -0.122. The molecule has 0 saturated heterocycles. The molecule has 0 fully saturated rings. The lowest BCUT2D eigenvalue weighted by Gasteiger charge is -2.15. The summed E-state index contributed by atoms with van der Waals surface area (Å²) in [7, 11) is 0. The first-order chi connectivity index (χ1) is 11.1. The summed E-state index contributed by atoms with van der Waals surface area (Å²) in [4.78, 5) is 28.1. The van der Waals surface area contributed by atoms with E-state index in [0.29, 0.717) is 23.6 Å². The molecule has 0 aliphatic carbocycles. The fraction of sp³-hybridized carbons (Fsp3) is 0.235. The standard InChI is InChI=1S/C17H19N3O3/c1-3-19-16(21)12(2)20-17(22)14-8-4-5-9-15(14)23-13-7-6-10-18-11-13/h4-12H,3H2,1-2H3,(H,19,21)(H,20,22)/t12-/m0/s1. The number of carbonyl (C=O) groups is 2. The van der Waals surface area contributed by atoms with E-state index in [1.165, 1.54) is 0 Å². The van der Waals surface area contributed by atoms with Crippen molar-refractivity contribution in [3.8, 4) is 11.5 Å². The molecule has 2 amide bonds. The van der Waals surface area contributed by atoms with Gasteiger partial charge in [0.15, 0.2) is 0 Å². The number of nitrogens with one attached hydrogen (secondary N) is 2. The summed E-state index contributed by atoms with van der Waals surface area (Å²) >= 11 is 0. The van der Waals surface area contributed by atoms with Crippen LogP contribution in [0.15, 0.2) is 48.8 Å². The smallest absolute Gasteiger partial charge is 0.255 e. The minimum Gasteiger partial charge on any atom is -0.455 e. The molecule has 2 N–H and O–H groups in total. The van der Waals surface area contributed by atoms with Gasteiger partial charge in [0.25, 0.3) is 5.91 Å². The minimum absolute atomic E-state index is 0.230. The predicted octanol–water partition coefficient (Wildman–Crippen LogP) is 2.13. The van der Waals surface area contributed by atoms with E-state index in [-0.39, 0.29) is 11.8 Å². The number of para-hydroxylation sites is 1. The molecule has 0 bridgehead atoms. The summed E-state index contributed by atoms with van der Waals surface area (Å²) in [6.45, 7) is 3.97. The molecule has 6 nitrogen and oxygen atoms in total. The molecule has 0 unspecified atom stereocenters. The number of carbonyl (C=O) groups excluding carboxylic acids is 2. The van der Waals surface area contributed by atoms with Crippen LogP contribution in [0, 0.1) is 0 Å². The van der Waals surface area contributed by atoms with Crippen LogP contribution in [0.3, 0.4) is 0 Å². The summed E-state index contributed by atoms with van der Waals surface area (Å²) < 4.78 is 5.70. The number of benzene rings is 1. The van der Waals surface area contributed by atoms with Gasteiger partial charge < -0.3 is 15.4 Å². The number of nitrogens with zero attached hydrogens (tertiary/aromatic N) is 1. The van der Waals surface area contributed by atoms with E-state index in [2.05, 4.69) is 15.6 Å². The maximum atomic E-state index is 12.4. The summed E-state index contributed by atoms with van der Waals surface area (Å²) in [5, 5.41) is 5.32. The quantitative estimate of drug-likeness (QED) is 0.856. The molecular weight excluding hydrogens is 294 g/mol. The van der Waals surface area contributed by atoms with E-state index < -0.39 is 6.04 Å². The van der Waals surface area contributed by atoms with E-state index in [9.17, 15) is 9.59 Å². The zero-order valence-electron chi connectivity index (χ0n) is 13.1. The third kappa shape index (κ3) is 4.54. The highest BCUT2D eigenvalue weighted by Crippen LogP contribution is 2.24. The molecule has 0 aliphatic rings. The van der Waals surface area contributed by atoms with E-state index in [1.54, 1.807) is 55.7 Å². The molecular formula is C17H19N3O3. The second kappa shape index (κ2) is 7.93. The highest BCUT2D eigenvalue weighted by molar-refractivity contribution is 5.99. The maximum absolute atomic E-state index is 12.4. The third-order valence-electron chi connectivity index (χ3n) is 3.09. The van der Waals surface area contributed by atoms with Crippen LogP contribution in [-0.4, -0.2) is 29.4 Å². The number of aromatic nitrogens is 1. The van der Waals surface area contributed by atoms with Crippen molar-refractivity contribution in [2.24, 2.45) is 0 Å². The van der Waals surface area contributed by atoms with Crippen LogP contribution in [0.2, 0.25) is 0 Å². The van der Waals surface area contributed by atoms with Gasteiger partial charge in [-0.3, -0.25) is 14.6 Å². The Morgan fingerprint density at radius 2 is 2.00 bits per heavy atom. The Kier molecular flexibility index (Phi) is 5.68. The molecule has 120 valence electrons. The molecule has 2 aromatic rings. The predicted molar refractivity (Wildman–Crippen MR) is 86.4 cm³/mol. The van der Waals surface area contributed by atoms with Gasteiger partial charge in [-0.15, -0.1) is 0 Å². The molecule has 2 rings (SSSR count). The highest BCUT2D eigenvalue weighted by atomic mass is 16.5. The monoisotopic (exact) mass is 313 g/mol. The molecule has 1 heterocycles. The molecule has 1 atom stereocenters. The Labute approximate surface area is 134 Å². The van der Waals surface area contributed by atoms with E-state index in [4.69, 9.17) is 4.74 Å². The lowest BCUT2D eigenvalue weighted by Crippen LogP contribution is -2.44. The number of amides is 2. The topological polar surface area (TPSA) is 80.3 Å². The summed E-state index contributed by atoms with van der Waals surface area (Å²) in [6.07, 6.45) is 3.20. The first kappa shape index (κ1) is 16.5. The summed E-state index contributed by atoms with van der Waals surface area (Å²) in [5.74, 6) is 0.334. The van der Waals surface area contributed by atoms with Crippen molar-refractivity contribution in [1.29, 1.82) is 0 Å². The van der Waals surface area contributed by atoms with Gasteiger partial charge >= 0.3 is 0 Å². The zero-order chi connectivity index (χ0) is 16.7. The summed E-state index contributed by atoms with van der Waals surface area (Å²) in [6, 6.07) is 9.71. The number of ether oxygens (including phenoxy) is 1. The van der Waals surface area contributed by atoms with Crippen molar-refractivity contribution < 1.29 is 14.3 Å². The third-order valence-corrected chi connectivity index (χ3v) is 3.09. The van der Waals surface area contributed by atoms with Crippen molar-refractivity contribution in [3.05, 3.63) is 54.4 Å².